The first kappa shape index (κ1) is 21.9. The van der Waals surface area contributed by atoms with E-state index in [0.29, 0.717) is 12.8 Å². The molecule has 9 heteroatoms. The quantitative estimate of drug-likeness (QED) is 0.384. The molecule has 1 aliphatic carbocycles. The van der Waals surface area contributed by atoms with Crippen molar-refractivity contribution in [2.45, 2.75) is 70.5 Å². The number of hydrogen-bond donors (Lipinski definition) is 5. The molecule has 2 amide bonds. The Kier molecular flexibility index (Phi) is 8.50. The van der Waals surface area contributed by atoms with Crippen LogP contribution in [0.15, 0.2) is 0 Å². The summed E-state index contributed by atoms with van der Waals surface area (Å²) in [5, 5.41) is 23.2. The number of carboxylic acids is 2. The van der Waals surface area contributed by atoms with E-state index in [9.17, 15) is 24.3 Å². The van der Waals surface area contributed by atoms with Crippen molar-refractivity contribution in [1.29, 1.82) is 0 Å². The van der Waals surface area contributed by atoms with Gasteiger partial charge in [0, 0.05) is 0 Å². The molecule has 148 valence electrons. The summed E-state index contributed by atoms with van der Waals surface area (Å²) in [6.45, 7) is 3.44. The first-order chi connectivity index (χ1) is 12.1. The Morgan fingerprint density at radius 2 is 1.58 bits per heavy atom. The van der Waals surface area contributed by atoms with Crippen LogP contribution in [0.3, 0.4) is 0 Å². The van der Waals surface area contributed by atoms with Crippen LogP contribution in [0.25, 0.3) is 0 Å². The molecule has 26 heavy (non-hydrogen) atoms. The SMILES string of the molecule is CC(C)[C@H](N)C(=O)N[C@@H](CC(=O)O)C(=O)N[C@H](C(=O)O)C1CCCCC1. The predicted molar refractivity (Wildman–Crippen MR) is 93.1 cm³/mol. The molecule has 1 saturated carbocycles. The molecule has 1 aliphatic rings. The van der Waals surface area contributed by atoms with Gasteiger partial charge in [0.2, 0.25) is 11.8 Å². The fraction of sp³-hybridized carbons (Fsp3) is 0.765. The molecule has 0 unspecified atom stereocenters. The zero-order chi connectivity index (χ0) is 19.9. The molecular formula is C17H29N3O6. The lowest BCUT2D eigenvalue weighted by atomic mass is 9.83. The highest BCUT2D eigenvalue weighted by Gasteiger charge is 2.34. The standard InChI is InChI=1S/C17H29N3O6/c1-9(2)13(18)16(24)19-11(8-12(21)22)15(23)20-14(17(25)26)10-6-4-3-5-7-10/h9-11,13-14H,3-8,18H2,1-2H3,(H,19,24)(H,20,23)(H,21,22)(H,25,26)/t11-,13-,14-/m0/s1. The van der Waals surface area contributed by atoms with Crippen LogP contribution in [-0.2, 0) is 19.2 Å². The fourth-order valence-electron chi connectivity index (χ4n) is 3.06. The lowest BCUT2D eigenvalue weighted by Gasteiger charge is -2.29. The van der Waals surface area contributed by atoms with Gasteiger partial charge in [-0.15, -0.1) is 0 Å². The van der Waals surface area contributed by atoms with E-state index in [2.05, 4.69) is 10.6 Å². The summed E-state index contributed by atoms with van der Waals surface area (Å²) >= 11 is 0. The number of amides is 2. The van der Waals surface area contributed by atoms with Crippen molar-refractivity contribution in [2.24, 2.45) is 17.6 Å². The van der Waals surface area contributed by atoms with Gasteiger partial charge in [0.25, 0.3) is 0 Å². The Bertz CT molecular complexity index is 531. The maximum absolute atomic E-state index is 12.5. The third-order valence-corrected chi connectivity index (χ3v) is 4.72. The molecule has 3 atom stereocenters. The number of aliphatic carboxylic acids is 2. The first-order valence-electron chi connectivity index (χ1n) is 8.94. The first-order valence-corrected chi connectivity index (χ1v) is 8.94. The minimum absolute atomic E-state index is 0.197. The van der Waals surface area contributed by atoms with Crippen LogP contribution >= 0.6 is 0 Å². The summed E-state index contributed by atoms with van der Waals surface area (Å²) in [5.41, 5.74) is 5.72. The van der Waals surface area contributed by atoms with Crippen LogP contribution in [0.4, 0.5) is 0 Å². The molecule has 0 saturated heterocycles. The van der Waals surface area contributed by atoms with Gasteiger partial charge in [-0.25, -0.2) is 4.79 Å². The molecule has 0 radical (unpaired) electrons. The number of carbonyl (C=O) groups excluding carboxylic acids is 2. The third kappa shape index (κ3) is 6.62. The normalized spacial score (nSPS) is 18.6. The van der Waals surface area contributed by atoms with Crippen LogP contribution in [0.1, 0.15) is 52.4 Å². The Morgan fingerprint density at radius 1 is 1.00 bits per heavy atom. The van der Waals surface area contributed by atoms with E-state index in [1.165, 1.54) is 0 Å². The molecular weight excluding hydrogens is 342 g/mol. The molecule has 0 aliphatic heterocycles. The van der Waals surface area contributed by atoms with E-state index in [0.717, 1.165) is 19.3 Å². The Hall–Kier alpha value is -2.16. The van der Waals surface area contributed by atoms with Gasteiger partial charge in [-0.1, -0.05) is 33.1 Å². The van der Waals surface area contributed by atoms with Crippen molar-refractivity contribution < 1.29 is 29.4 Å². The van der Waals surface area contributed by atoms with Crippen LogP contribution in [0, 0.1) is 11.8 Å². The second kappa shape index (κ2) is 10.1. The average molecular weight is 371 g/mol. The van der Waals surface area contributed by atoms with Crippen LogP contribution in [0.5, 0.6) is 0 Å². The van der Waals surface area contributed by atoms with Gasteiger partial charge in [-0.05, 0) is 24.7 Å². The monoisotopic (exact) mass is 371 g/mol. The van der Waals surface area contributed by atoms with E-state index >= 15 is 0 Å². The Balaban J connectivity index is 2.83. The van der Waals surface area contributed by atoms with Gasteiger partial charge in [0.05, 0.1) is 12.5 Å². The number of nitrogens with one attached hydrogen (secondary N) is 2. The molecule has 0 bridgehead atoms. The molecule has 0 aromatic carbocycles. The lowest BCUT2D eigenvalue weighted by Crippen LogP contribution is -2.57. The van der Waals surface area contributed by atoms with Crippen molar-refractivity contribution in [3.05, 3.63) is 0 Å². The summed E-state index contributed by atoms with van der Waals surface area (Å²) in [6.07, 6.45) is 3.53. The molecule has 0 heterocycles. The highest BCUT2D eigenvalue weighted by atomic mass is 16.4. The summed E-state index contributed by atoms with van der Waals surface area (Å²) in [6, 6.07) is -3.38. The van der Waals surface area contributed by atoms with Crippen molar-refractivity contribution in [1.82, 2.24) is 10.6 Å². The molecule has 1 rings (SSSR count). The van der Waals surface area contributed by atoms with E-state index in [1.54, 1.807) is 13.8 Å². The molecule has 0 spiro atoms. The number of hydrogen-bond acceptors (Lipinski definition) is 5. The number of nitrogens with two attached hydrogens (primary N) is 1. The van der Waals surface area contributed by atoms with Crippen molar-refractivity contribution >= 4 is 23.8 Å². The van der Waals surface area contributed by atoms with E-state index in [1.807, 2.05) is 0 Å². The number of rotatable bonds is 9. The van der Waals surface area contributed by atoms with Crippen molar-refractivity contribution in [2.75, 3.05) is 0 Å². The van der Waals surface area contributed by atoms with Gasteiger partial charge in [-0.3, -0.25) is 14.4 Å². The molecule has 1 fully saturated rings. The summed E-state index contributed by atoms with van der Waals surface area (Å²) in [4.78, 5) is 47.1. The highest BCUT2D eigenvalue weighted by molar-refractivity contribution is 5.94. The summed E-state index contributed by atoms with van der Waals surface area (Å²) < 4.78 is 0. The minimum Gasteiger partial charge on any atom is -0.481 e. The second-order valence-electron chi connectivity index (χ2n) is 7.15. The minimum atomic E-state index is -1.38. The van der Waals surface area contributed by atoms with Crippen LogP contribution < -0.4 is 16.4 Å². The predicted octanol–water partition coefficient (Wildman–Crippen LogP) is 0.0789. The smallest absolute Gasteiger partial charge is 0.326 e. The largest absolute Gasteiger partial charge is 0.481 e. The lowest BCUT2D eigenvalue weighted by molar-refractivity contribution is -0.145. The number of carboxylic acid groups (broad SMARTS) is 2. The molecule has 6 N–H and O–H groups in total. The maximum Gasteiger partial charge on any atom is 0.326 e. The summed E-state index contributed by atoms with van der Waals surface area (Å²) in [5.74, 6) is -4.32. The molecule has 0 aromatic heterocycles. The fourth-order valence-corrected chi connectivity index (χ4v) is 3.06. The van der Waals surface area contributed by atoms with E-state index in [-0.39, 0.29) is 11.8 Å². The highest BCUT2D eigenvalue weighted by Crippen LogP contribution is 2.26. The summed E-state index contributed by atoms with van der Waals surface area (Å²) in [7, 11) is 0. The average Bonchev–Trinajstić information content (AvgIpc) is 2.57. The van der Waals surface area contributed by atoms with Gasteiger partial charge < -0.3 is 26.6 Å². The molecule has 0 aromatic rings. The van der Waals surface area contributed by atoms with E-state index < -0.39 is 48.3 Å². The zero-order valence-electron chi connectivity index (χ0n) is 15.2. The van der Waals surface area contributed by atoms with Crippen molar-refractivity contribution in [3.63, 3.8) is 0 Å². The van der Waals surface area contributed by atoms with Gasteiger partial charge >= 0.3 is 11.9 Å². The Morgan fingerprint density at radius 3 is 2.04 bits per heavy atom. The number of carbonyl (C=O) groups is 4. The van der Waals surface area contributed by atoms with E-state index in [4.69, 9.17) is 10.8 Å². The third-order valence-electron chi connectivity index (χ3n) is 4.72. The van der Waals surface area contributed by atoms with Crippen LogP contribution in [-0.4, -0.2) is 52.1 Å². The van der Waals surface area contributed by atoms with Crippen LogP contribution in [0.2, 0.25) is 0 Å². The zero-order valence-corrected chi connectivity index (χ0v) is 15.2. The van der Waals surface area contributed by atoms with Crippen molar-refractivity contribution in [3.8, 4) is 0 Å². The second-order valence-corrected chi connectivity index (χ2v) is 7.15. The molecule has 9 nitrogen and oxygen atoms in total. The maximum atomic E-state index is 12.5. The van der Waals surface area contributed by atoms with Gasteiger partial charge in [0.15, 0.2) is 0 Å². The van der Waals surface area contributed by atoms with Gasteiger partial charge in [0.1, 0.15) is 12.1 Å². The van der Waals surface area contributed by atoms with Gasteiger partial charge in [-0.2, -0.15) is 0 Å². The topological polar surface area (TPSA) is 159 Å². The Labute approximate surface area is 152 Å².